The number of carbonyl (C=O) groups is 2. The maximum Gasteiger partial charge on any atom is 0.249 e. The lowest BCUT2D eigenvalue weighted by atomic mass is 10.1. The van der Waals surface area contributed by atoms with E-state index in [1.54, 1.807) is 4.90 Å². The van der Waals surface area contributed by atoms with Crippen LogP contribution in [-0.2, 0) is 25.6 Å². The van der Waals surface area contributed by atoms with Gasteiger partial charge in [-0.25, -0.2) is 0 Å². The van der Waals surface area contributed by atoms with E-state index in [1.807, 2.05) is 0 Å². The number of benzene rings is 1. The summed E-state index contributed by atoms with van der Waals surface area (Å²) >= 11 is 0. The fourth-order valence-corrected chi connectivity index (χ4v) is 4.61. The molecule has 9 nitrogen and oxygen atoms in total. The van der Waals surface area contributed by atoms with Gasteiger partial charge in [0.15, 0.2) is 0 Å². The molecule has 184 valence electrons. The highest BCUT2D eigenvalue weighted by Gasteiger charge is 2.41. The van der Waals surface area contributed by atoms with Crippen LogP contribution in [0.1, 0.15) is 17.5 Å². The molecule has 3 N–H and O–H groups in total. The molecule has 1 aromatic rings. The van der Waals surface area contributed by atoms with Crippen molar-refractivity contribution in [2.24, 2.45) is 5.73 Å². The van der Waals surface area contributed by atoms with E-state index >= 15 is 0 Å². The van der Waals surface area contributed by atoms with E-state index in [1.165, 1.54) is 18.2 Å². The van der Waals surface area contributed by atoms with Gasteiger partial charge in [0, 0.05) is 65.5 Å². The minimum atomic E-state index is -0.507. The molecule has 2 aliphatic heterocycles. The quantitative estimate of drug-likeness (QED) is 0.472. The van der Waals surface area contributed by atoms with Crippen LogP contribution in [0.5, 0.6) is 0 Å². The first kappa shape index (κ1) is 25.6. The van der Waals surface area contributed by atoms with Gasteiger partial charge in [0.25, 0.3) is 0 Å². The molecule has 3 rings (SSSR count). The summed E-state index contributed by atoms with van der Waals surface area (Å²) in [6.07, 6.45) is 0.598. The molecule has 2 amide bonds. The standard InChI is InChI=1S/C24H39N5O4/c1-19-5-3-4-6-20(19)16-28(10-9-27-11-13-33-14-12-27)21-15-22(24(31)26-8-7-25)29(17-21)23(30)18-32-2/h3-6,21-22H,7-18,25H2,1-2H3,(H,26,31). The Kier molecular flexibility index (Phi) is 10.1. The topological polar surface area (TPSA) is 100 Å². The minimum absolute atomic E-state index is 0.0288. The predicted octanol–water partition coefficient (Wildman–Crippen LogP) is -0.180. The highest BCUT2D eigenvalue weighted by atomic mass is 16.5. The average Bonchev–Trinajstić information content (AvgIpc) is 3.28. The highest BCUT2D eigenvalue weighted by Crippen LogP contribution is 2.25. The molecule has 2 heterocycles. The fourth-order valence-electron chi connectivity index (χ4n) is 4.61. The molecular formula is C24H39N5O4. The summed E-state index contributed by atoms with van der Waals surface area (Å²) in [5, 5.41) is 2.86. The van der Waals surface area contributed by atoms with Gasteiger partial charge in [-0.05, 0) is 24.5 Å². The monoisotopic (exact) mass is 461 g/mol. The Balaban J connectivity index is 1.76. The average molecular weight is 462 g/mol. The number of nitrogens with zero attached hydrogens (tertiary/aromatic N) is 3. The van der Waals surface area contributed by atoms with Crippen LogP contribution in [0.4, 0.5) is 0 Å². The molecule has 0 bridgehead atoms. The molecule has 2 aliphatic rings. The van der Waals surface area contributed by atoms with Crippen LogP contribution in [0.15, 0.2) is 24.3 Å². The van der Waals surface area contributed by atoms with E-state index in [9.17, 15) is 9.59 Å². The zero-order chi connectivity index (χ0) is 23.6. The molecule has 2 saturated heterocycles. The van der Waals surface area contributed by atoms with Gasteiger partial charge in [0.05, 0.1) is 13.2 Å². The van der Waals surface area contributed by atoms with Gasteiger partial charge in [-0.15, -0.1) is 0 Å². The van der Waals surface area contributed by atoms with Gasteiger partial charge in [-0.2, -0.15) is 0 Å². The van der Waals surface area contributed by atoms with Crippen LogP contribution in [0.2, 0.25) is 0 Å². The lowest BCUT2D eigenvalue weighted by molar-refractivity contribution is -0.141. The number of ether oxygens (including phenoxy) is 2. The Bertz CT molecular complexity index is 771. The second-order valence-electron chi connectivity index (χ2n) is 8.82. The van der Waals surface area contributed by atoms with Crippen molar-refractivity contribution >= 4 is 11.8 Å². The lowest BCUT2D eigenvalue weighted by Gasteiger charge is -2.33. The van der Waals surface area contributed by atoms with Crippen molar-refractivity contribution in [3.8, 4) is 0 Å². The molecule has 2 unspecified atom stereocenters. The number of hydrogen-bond acceptors (Lipinski definition) is 7. The number of morpholine rings is 1. The zero-order valence-electron chi connectivity index (χ0n) is 20.0. The molecule has 0 radical (unpaired) electrons. The first-order valence-corrected chi connectivity index (χ1v) is 11.9. The van der Waals surface area contributed by atoms with Crippen LogP contribution in [0.3, 0.4) is 0 Å². The molecule has 33 heavy (non-hydrogen) atoms. The van der Waals surface area contributed by atoms with E-state index < -0.39 is 6.04 Å². The first-order chi connectivity index (χ1) is 16.0. The highest BCUT2D eigenvalue weighted by molar-refractivity contribution is 5.88. The number of amides is 2. The summed E-state index contributed by atoms with van der Waals surface area (Å²) in [5.41, 5.74) is 8.08. The molecule has 9 heteroatoms. The Morgan fingerprint density at radius 1 is 1.27 bits per heavy atom. The van der Waals surface area contributed by atoms with E-state index in [-0.39, 0.29) is 24.5 Å². The van der Waals surface area contributed by atoms with Gasteiger partial charge < -0.3 is 25.4 Å². The Morgan fingerprint density at radius 3 is 2.73 bits per heavy atom. The third-order valence-electron chi connectivity index (χ3n) is 6.57. The summed E-state index contributed by atoms with van der Waals surface area (Å²) in [6.45, 7) is 9.36. The molecule has 2 fully saturated rings. The molecule has 0 aliphatic carbocycles. The summed E-state index contributed by atoms with van der Waals surface area (Å²) in [4.78, 5) is 32.2. The molecule has 0 aromatic heterocycles. The van der Waals surface area contributed by atoms with Crippen molar-refractivity contribution in [1.29, 1.82) is 0 Å². The maximum atomic E-state index is 12.9. The van der Waals surface area contributed by atoms with Crippen LogP contribution in [0.25, 0.3) is 0 Å². The second-order valence-corrected chi connectivity index (χ2v) is 8.82. The van der Waals surface area contributed by atoms with Gasteiger partial charge in [0.1, 0.15) is 12.6 Å². The van der Waals surface area contributed by atoms with Crippen molar-refractivity contribution in [2.45, 2.75) is 32.0 Å². The van der Waals surface area contributed by atoms with Gasteiger partial charge >= 0.3 is 0 Å². The van der Waals surface area contributed by atoms with Crippen LogP contribution < -0.4 is 11.1 Å². The Labute approximate surface area is 197 Å². The number of methoxy groups -OCH3 is 1. The van der Waals surface area contributed by atoms with Crippen molar-refractivity contribution in [2.75, 3.05) is 72.7 Å². The summed E-state index contributed by atoms with van der Waals surface area (Å²) in [7, 11) is 1.50. The Hall–Kier alpha value is -2.04. The number of carbonyl (C=O) groups excluding carboxylic acids is 2. The second kappa shape index (κ2) is 13.0. The number of nitrogens with two attached hydrogens (primary N) is 1. The predicted molar refractivity (Wildman–Crippen MR) is 127 cm³/mol. The van der Waals surface area contributed by atoms with Crippen molar-refractivity contribution in [3.05, 3.63) is 35.4 Å². The van der Waals surface area contributed by atoms with Gasteiger partial charge in [-0.3, -0.25) is 19.4 Å². The van der Waals surface area contributed by atoms with Gasteiger partial charge in [0.2, 0.25) is 11.8 Å². The Morgan fingerprint density at radius 2 is 2.03 bits per heavy atom. The normalized spacial score (nSPS) is 21.5. The third-order valence-corrected chi connectivity index (χ3v) is 6.57. The van der Waals surface area contributed by atoms with Gasteiger partial charge in [-0.1, -0.05) is 24.3 Å². The number of likely N-dealkylation sites (tertiary alicyclic amines) is 1. The molecule has 2 atom stereocenters. The summed E-state index contributed by atoms with van der Waals surface area (Å²) < 4.78 is 10.6. The number of hydrogen-bond donors (Lipinski definition) is 2. The van der Waals surface area contributed by atoms with E-state index in [2.05, 4.69) is 46.3 Å². The SMILES string of the molecule is COCC(=O)N1CC(N(CCN2CCOCC2)Cc2ccccc2C)CC1C(=O)NCCN. The van der Waals surface area contributed by atoms with Crippen molar-refractivity contribution in [1.82, 2.24) is 20.0 Å². The molecular weight excluding hydrogens is 422 g/mol. The summed E-state index contributed by atoms with van der Waals surface area (Å²) in [6, 6.07) is 7.98. The molecule has 0 spiro atoms. The molecule has 0 saturated carbocycles. The van der Waals surface area contributed by atoms with Crippen molar-refractivity contribution < 1.29 is 19.1 Å². The number of rotatable bonds is 11. The first-order valence-electron chi connectivity index (χ1n) is 11.9. The van der Waals surface area contributed by atoms with Crippen LogP contribution in [0, 0.1) is 6.92 Å². The van der Waals surface area contributed by atoms with Crippen molar-refractivity contribution in [3.63, 3.8) is 0 Å². The number of nitrogens with one attached hydrogen (secondary N) is 1. The van der Waals surface area contributed by atoms with E-state index in [4.69, 9.17) is 15.2 Å². The minimum Gasteiger partial charge on any atom is -0.379 e. The fraction of sp³-hybridized carbons (Fsp3) is 0.667. The van der Waals surface area contributed by atoms with Crippen LogP contribution in [-0.4, -0.2) is 111 Å². The smallest absolute Gasteiger partial charge is 0.249 e. The number of aryl methyl sites for hydroxylation is 1. The summed E-state index contributed by atoms with van der Waals surface area (Å²) in [5.74, 6) is -0.298. The lowest BCUT2D eigenvalue weighted by Crippen LogP contribution is -2.48. The van der Waals surface area contributed by atoms with E-state index in [0.717, 1.165) is 45.9 Å². The molecule has 1 aromatic carbocycles. The maximum absolute atomic E-state index is 12.9. The zero-order valence-corrected chi connectivity index (χ0v) is 20.0. The third kappa shape index (κ3) is 7.22. The van der Waals surface area contributed by atoms with E-state index in [0.29, 0.717) is 26.1 Å². The van der Waals surface area contributed by atoms with Crippen LogP contribution >= 0.6 is 0 Å². The largest absolute Gasteiger partial charge is 0.379 e.